The summed E-state index contributed by atoms with van der Waals surface area (Å²) in [5.41, 5.74) is -0.0252. The third-order valence-corrected chi connectivity index (χ3v) is 6.07. The Morgan fingerprint density at radius 1 is 0.968 bits per heavy atom. The molecular formula is C21H18N2O7S. The van der Waals surface area contributed by atoms with Crippen LogP contribution in [-0.4, -0.2) is 37.6 Å². The van der Waals surface area contributed by atoms with Crippen LogP contribution in [0.15, 0.2) is 71.6 Å². The number of fused-ring (bicyclic) bond motifs is 1. The maximum absolute atomic E-state index is 12.5. The molecule has 3 aromatic carbocycles. The number of hydrogen-bond donors (Lipinski definition) is 1. The maximum atomic E-state index is 12.5. The minimum Gasteiger partial charge on any atom is -0.456 e. The van der Waals surface area contributed by atoms with Gasteiger partial charge in [-0.1, -0.05) is 36.4 Å². The van der Waals surface area contributed by atoms with Gasteiger partial charge < -0.3 is 10.1 Å². The Labute approximate surface area is 177 Å². The third kappa shape index (κ3) is 5.86. The highest BCUT2D eigenvalue weighted by Gasteiger charge is 2.18. The fraction of sp³-hybridized carbons (Fsp3) is 0.143. The van der Waals surface area contributed by atoms with Crippen LogP contribution in [0.3, 0.4) is 0 Å². The van der Waals surface area contributed by atoms with Crippen molar-refractivity contribution < 1.29 is 27.7 Å². The van der Waals surface area contributed by atoms with Gasteiger partial charge in [-0.3, -0.25) is 19.7 Å². The molecule has 0 heterocycles. The fourth-order valence-electron chi connectivity index (χ4n) is 2.81. The number of nitrogens with zero attached hydrogens (tertiary/aromatic N) is 1. The smallest absolute Gasteiger partial charge is 0.307 e. The number of nitro groups is 1. The van der Waals surface area contributed by atoms with Crippen LogP contribution in [0.1, 0.15) is 6.42 Å². The Hall–Kier alpha value is -3.79. The van der Waals surface area contributed by atoms with Crippen molar-refractivity contribution in [3.05, 3.63) is 76.8 Å². The summed E-state index contributed by atoms with van der Waals surface area (Å²) in [6.45, 7) is -0.641. The normalized spacial score (nSPS) is 11.1. The molecule has 9 nitrogen and oxygen atoms in total. The highest BCUT2D eigenvalue weighted by Crippen LogP contribution is 2.20. The molecule has 0 atom stereocenters. The molecule has 0 aliphatic heterocycles. The van der Waals surface area contributed by atoms with Gasteiger partial charge in [0.15, 0.2) is 16.4 Å². The van der Waals surface area contributed by atoms with E-state index in [4.69, 9.17) is 4.74 Å². The zero-order valence-electron chi connectivity index (χ0n) is 16.2. The van der Waals surface area contributed by atoms with Crippen LogP contribution >= 0.6 is 0 Å². The van der Waals surface area contributed by atoms with E-state index < -0.39 is 45.4 Å². The lowest BCUT2D eigenvalue weighted by molar-refractivity contribution is -0.384. The minimum absolute atomic E-state index is 0.0995. The summed E-state index contributed by atoms with van der Waals surface area (Å²) in [5, 5.41) is 14.8. The van der Waals surface area contributed by atoms with Gasteiger partial charge >= 0.3 is 5.97 Å². The molecule has 1 N–H and O–H groups in total. The Bertz CT molecular complexity index is 1260. The van der Waals surface area contributed by atoms with Gasteiger partial charge in [0.1, 0.15) is 0 Å². The summed E-state index contributed by atoms with van der Waals surface area (Å²) in [7, 11) is -3.71. The lowest BCUT2D eigenvalue weighted by Gasteiger charge is -2.08. The predicted octanol–water partition coefficient (Wildman–Crippen LogP) is 3.09. The van der Waals surface area contributed by atoms with Crippen molar-refractivity contribution in [2.75, 3.05) is 17.7 Å². The third-order valence-electron chi connectivity index (χ3n) is 4.36. The summed E-state index contributed by atoms with van der Waals surface area (Å²) in [6, 6.07) is 17.3. The zero-order chi connectivity index (χ0) is 22.4. The van der Waals surface area contributed by atoms with E-state index in [9.17, 15) is 28.1 Å². The molecule has 0 aliphatic rings. The zero-order valence-corrected chi connectivity index (χ0v) is 17.0. The molecule has 0 unspecified atom stereocenters. The molecule has 1 amide bonds. The molecule has 31 heavy (non-hydrogen) atoms. The van der Waals surface area contributed by atoms with E-state index in [1.807, 2.05) is 12.1 Å². The number of benzene rings is 3. The highest BCUT2D eigenvalue weighted by molar-refractivity contribution is 7.91. The second-order valence-corrected chi connectivity index (χ2v) is 8.70. The minimum atomic E-state index is -3.71. The number of sulfone groups is 1. The summed E-state index contributed by atoms with van der Waals surface area (Å²) in [4.78, 5) is 34.0. The van der Waals surface area contributed by atoms with Crippen molar-refractivity contribution >= 4 is 43.9 Å². The SMILES string of the molecule is O=C(COC(=O)CCS(=O)(=O)c1ccc2ccccc2c1)Nc1cccc([N+](=O)[O-])c1. The topological polar surface area (TPSA) is 133 Å². The molecule has 3 rings (SSSR count). The molecule has 0 spiro atoms. The van der Waals surface area contributed by atoms with Gasteiger partial charge in [0.05, 0.1) is 22.0 Å². The van der Waals surface area contributed by atoms with Crippen molar-refractivity contribution in [2.45, 2.75) is 11.3 Å². The average molecular weight is 442 g/mol. The van der Waals surface area contributed by atoms with Crippen LogP contribution in [0, 0.1) is 10.1 Å². The molecule has 0 saturated carbocycles. The van der Waals surface area contributed by atoms with Crippen LogP contribution in [0.2, 0.25) is 0 Å². The number of carbonyl (C=O) groups is 2. The molecule has 3 aromatic rings. The first kappa shape index (κ1) is 21.9. The molecular weight excluding hydrogens is 424 g/mol. The predicted molar refractivity (Wildman–Crippen MR) is 113 cm³/mol. The van der Waals surface area contributed by atoms with Crippen molar-refractivity contribution in [3.8, 4) is 0 Å². The van der Waals surface area contributed by atoms with E-state index >= 15 is 0 Å². The van der Waals surface area contributed by atoms with Gasteiger partial charge in [-0.15, -0.1) is 0 Å². The quantitative estimate of drug-likeness (QED) is 0.322. The molecule has 0 saturated heterocycles. The Morgan fingerprint density at radius 3 is 2.45 bits per heavy atom. The standard InChI is InChI=1S/C21H18N2O7S/c24-20(22-17-6-3-7-18(13-17)23(26)27)14-30-21(25)10-11-31(28,29)19-9-8-15-4-1-2-5-16(15)12-19/h1-9,12-13H,10-11,14H2,(H,22,24). The molecule has 0 fully saturated rings. The lowest BCUT2D eigenvalue weighted by Crippen LogP contribution is -2.22. The van der Waals surface area contributed by atoms with Gasteiger partial charge in [0.2, 0.25) is 0 Å². The number of rotatable bonds is 8. The van der Waals surface area contributed by atoms with Gasteiger partial charge in [0, 0.05) is 17.8 Å². The number of esters is 1. The monoisotopic (exact) mass is 442 g/mol. The number of hydrogen-bond acceptors (Lipinski definition) is 7. The van der Waals surface area contributed by atoms with E-state index in [1.165, 1.54) is 24.3 Å². The van der Waals surface area contributed by atoms with Crippen molar-refractivity contribution in [3.63, 3.8) is 0 Å². The number of anilines is 1. The molecule has 0 bridgehead atoms. The lowest BCUT2D eigenvalue weighted by atomic mass is 10.1. The van der Waals surface area contributed by atoms with Crippen LogP contribution in [0.4, 0.5) is 11.4 Å². The Kier molecular flexibility index (Phi) is 6.61. The van der Waals surface area contributed by atoms with E-state index in [1.54, 1.807) is 24.3 Å². The first-order chi connectivity index (χ1) is 14.7. The summed E-state index contributed by atoms with van der Waals surface area (Å²) >= 11 is 0. The number of nitro benzene ring substituents is 1. The van der Waals surface area contributed by atoms with Crippen LogP contribution in [0.25, 0.3) is 10.8 Å². The first-order valence-corrected chi connectivity index (χ1v) is 10.8. The van der Waals surface area contributed by atoms with E-state index in [-0.39, 0.29) is 16.3 Å². The number of ether oxygens (including phenoxy) is 1. The van der Waals surface area contributed by atoms with Crippen molar-refractivity contribution in [2.24, 2.45) is 0 Å². The van der Waals surface area contributed by atoms with Crippen molar-refractivity contribution in [1.29, 1.82) is 0 Å². The molecule has 0 aliphatic carbocycles. The van der Waals surface area contributed by atoms with Gasteiger partial charge in [-0.25, -0.2) is 8.42 Å². The Morgan fingerprint density at radius 2 is 1.71 bits per heavy atom. The number of amides is 1. The number of non-ortho nitro benzene ring substituents is 1. The largest absolute Gasteiger partial charge is 0.456 e. The number of carbonyl (C=O) groups excluding carboxylic acids is 2. The van der Waals surface area contributed by atoms with E-state index in [2.05, 4.69) is 5.32 Å². The summed E-state index contributed by atoms with van der Waals surface area (Å²) in [6.07, 6.45) is -0.417. The van der Waals surface area contributed by atoms with Crippen molar-refractivity contribution in [1.82, 2.24) is 0 Å². The molecule has 160 valence electrons. The van der Waals surface area contributed by atoms with Crippen LogP contribution in [0.5, 0.6) is 0 Å². The molecule has 0 radical (unpaired) electrons. The van der Waals surface area contributed by atoms with Gasteiger partial charge in [-0.2, -0.15) is 0 Å². The summed E-state index contributed by atoms with van der Waals surface area (Å²) in [5.74, 6) is -2.01. The van der Waals surface area contributed by atoms with E-state index in [0.29, 0.717) is 0 Å². The molecule has 10 heteroatoms. The fourth-order valence-corrected chi connectivity index (χ4v) is 4.06. The second-order valence-electron chi connectivity index (χ2n) is 6.59. The van der Waals surface area contributed by atoms with Crippen LogP contribution in [-0.2, 0) is 24.2 Å². The summed E-state index contributed by atoms with van der Waals surface area (Å²) < 4.78 is 29.8. The first-order valence-electron chi connectivity index (χ1n) is 9.16. The Balaban J connectivity index is 1.51. The maximum Gasteiger partial charge on any atom is 0.307 e. The van der Waals surface area contributed by atoms with Gasteiger partial charge in [0.25, 0.3) is 11.6 Å². The van der Waals surface area contributed by atoms with Gasteiger partial charge in [-0.05, 0) is 29.0 Å². The average Bonchev–Trinajstić information content (AvgIpc) is 2.76. The van der Waals surface area contributed by atoms with E-state index in [0.717, 1.165) is 16.8 Å². The second kappa shape index (κ2) is 9.35. The van der Waals surface area contributed by atoms with Crippen LogP contribution < -0.4 is 5.32 Å². The molecule has 0 aromatic heterocycles. The highest BCUT2D eigenvalue weighted by atomic mass is 32.2. The number of nitrogens with one attached hydrogen (secondary N) is 1.